The zero-order valence-corrected chi connectivity index (χ0v) is 30.2. The minimum Gasteiger partial charge on any atom is -0.377 e. The molecule has 0 spiro atoms. The molecule has 0 unspecified atom stereocenters. The monoisotopic (exact) mass is 786 g/mol. The normalized spacial score (nSPS) is 14.1. The number of carbonyl (C=O) groups is 6. The van der Waals surface area contributed by atoms with Crippen LogP contribution in [0.2, 0.25) is 0 Å². The van der Waals surface area contributed by atoms with Gasteiger partial charge in [0.2, 0.25) is 35.4 Å². The lowest BCUT2D eigenvalue weighted by Crippen LogP contribution is -2.47. The van der Waals surface area contributed by atoms with Gasteiger partial charge in [-0.1, -0.05) is 26.2 Å². The number of amides is 6. The summed E-state index contributed by atoms with van der Waals surface area (Å²) in [6, 6.07) is -1.17. The Morgan fingerprint density at radius 1 is 0.588 bits per heavy atom. The number of primary amides is 1. The lowest BCUT2D eigenvalue weighted by Gasteiger charge is -2.19. The minimum absolute atomic E-state index is 0.0513. The second kappa shape index (κ2) is 33.7. The summed E-state index contributed by atoms with van der Waals surface area (Å²) in [5.41, 5.74) is 15.9. The third-order valence-corrected chi connectivity index (χ3v) is 7.13. The van der Waals surface area contributed by atoms with E-state index in [9.17, 15) is 28.8 Å². The lowest BCUT2D eigenvalue weighted by atomic mass is 10.1. The Morgan fingerprint density at radius 2 is 1.14 bits per heavy atom. The van der Waals surface area contributed by atoms with Crippen LogP contribution in [-0.2, 0) is 47.7 Å². The van der Waals surface area contributed by atoms with Gasteiger partial charge in [-0.15, -0.1) is 0 Å². The first-order chi connectivity index (χ1) is 37.6. The fourth-order valence-electron chi connectivity index (χ4n) is 4.44. The van der Waals surface area contributed by atoms with E-state index in [4.69, 9.17) is 74.8 Å². The number of ether oxygens (including phenoxy) is 4. The smallest absolute Gasteiger partial charge is 0.246 e. The zero-order valence-electron chi connectivity index (χ0n) is 56.2. The molecular formula is C32H89N9O10. The van der Waals surface area contributed by atoms with Crippen molar-refractivity contribution in [3.8, 4) is 0 Å². The molecule has 2 atom stereocenters. The molecule has 19 nitrogen and oxygen atoms in total. The van der Waals surface area contributed by atoms with E-state index in [1.54, 1.807) is 0 Å². The Labute approximate surface area is 341 Å². The van der Waals surface area contributed by atoms with E-state index in [2.05, 4.69) is 38.8 Å². The first kappa shape index (κ1) is 29.0. The molecule has 12 N–H and O–H groups in total. The van der Waals surface area contributed by atoms with E-state index in [0.717, 1.165) is 19.3 Å². The van der Waals surface area contributed by atoms with Crippen LogP contribution in [0, 0.1) is 0 Å². The fourth-order valence-corrected chi connectivity index (χ4v) is 4.44. The van der Waals surface area contributed by atoms with Gasteiger partial charge in [0.1, 0.15) is 19.3 Å². The molecule has 0 saturated heterocycles. The van der Waals surface area contributed by atoms with Gasteiger partial charge < -0.3 is 62.7 Å². The van der Waals surface area contributed by atoms with Crippen LogP contribution in [0.4, 0.5) is 0 Å². The van der Waals surface area contributed by atoms with E-state index >= 15 is 0 Å². The molecule has 51 heavy (non-hydrogen) atoms. The highest BCUT2D eigenvalue weighted by Gasteiger charge is 2.20. The molecule has 0 aromatic carbocycles. The number of nitrogens with one attached hydrogen (secondary N) is 6. The van der Waals surface area contributed by atoms with Crippen molar-refractivity contribution >= 4 is 35.4 Å². The van der Waals surface area contributed by atoms with Gasteiger partial charge in [0.05, 0.1) is 52.4 Å². The van der Waals surface area contributed by atoms with Crippen LogP contribution in [-0.4, -0.2) is 133 Å². The van der Waals surface area contributed by atoms with E-state index in [0.29, 0.717) is 45.2 Å². The van der Waals surface area contributed by atoms with Crippen molar-refractivity contribution in [2.45, 2.75) is 83.2 Å². The van der Waals surface area contributed by atoms with Crippen LogP contribution >= 0.6 is 0 Å². The van der Waals surface area contributed by atoms with Crippen LogP contribution in [0.25, 0.3) is 0 Å². The maximum Gasteiger partial charge on any atom is 0.246 e. The molecule has 0 aliphatic carbocycles. The van der Waals surface area contributed by atoms with Crippen molar-refractivity contribution in [2.75, 3.05) is 85.8 Å². The minimum atomic E-state index is -0.660. The molecule has 0 aliphatic heterocycles. The quantitative estimate of drug-likeness (QED) is 0.0311. The number of rotatable bonds is 35. The van der Waals surface area contributed by atoms with Crippen molar-refractivity contribution in [2.24, 2.45) is 17.2 Å². The largest absolute Gasteiger partial charge is 0.377 e. The Bertz CT molecular complexity index is 1050. The number of hydrogen-bond donors (Lipinski definition) is 9. The highest BCUT2D eigenvalue weighted by Crippen LogP contribution is 2.06. The van der Waals surface area contributed by atoms with Crippen molar-refractivity contribution in [1.82, 2.24) is 31.9 Å². The third kappa shape index (κ3) is 29.9. The third-order valence-electron chi connectivity index (χ3n) is 7.13. The molecule has 0 radical (unpaired) electrons. The van der Waals surface area contributed by atoms with Gasteiger partial charge in [-0.3, -0.25) is 34.1 Å². The summed E-state index contributed by atoms with van der Waals surface area (Å²) < 4.78 is 151. The number of carbonyl (C=O) groups excluding carboxylic acids is 6. The van der Waals surface area contributed by atoms with Crippen LogP contribution in [0.5, 0.6) is 0 Å². The van der Waals surface area contributed by atoms with Gasteiger partial charge in [-0.05, 0) is 32.1 Å². The molecule has 0 saturated carbocycles. The molecule has 322 valence electrons. The van der Waals surface area contributed by atoms with Gasteiger partial charge in [0, 0.05) is 77.7 Å². The molecule has 0 aromatic rings. The SMILES string of the molecule is CCCCC[C@H](NC(=O)CCCC(=O)NCCOCCOCC(=O)NCCOCCOCC(=O)NCN)C(=O)NCCCC[C@H](NCN)C(N)=O.[2H][2H].[2H][2H].[2H][2H].[2H][2H].[2H][2H].[2H][2H].[2H][2H].[2H][2H].[2H][2H].[2H][2H].[2H][2H].[2H][2H].[2H][2H]. The molecule has 0 rings (SSSR count). The zero-order chi connectivity index (χ0) is 64.0. The summed E-state index contributed by atoms with van der Waals surface area (Å²) >= 11 is 0. The molecular weight excluding hydrogens is 670 g/mol. The van der Waals surface area contributed by atoms with Crippen molar-refractivity contribution in [1.29, 1.82) is 0 Å². The number of nitrogens with two attached hydrogens (primary N) is 3. The first-order valence-corrected chi connectivity index (χ1v) is 17.7. The second-order valence-electron chi connectivity index (χ2n) is 11.5. The van der Waals surface area contributed by atoms with E-state index in [1.807, 2.05) is 0 Å². The standard InChI is InChI=1S/C32H63N9O10.13H2/c1-2-3-4-9-26(32(47)38-12-6-5-8-25(31(35)46)39-23-33)41-28(43)11-7-10-27(42)36-13-15-48-17-19-50-21-29(44)37-14-16-49-18-20-51-22-30(45)40-24-34;;;;;;;;;;;;;/h25-26,39H,2-24,33-34H2,1H3,(H2,35,46)(H,36,42)(H,37,44)(H,38,47)(H,40,45)(H,41,43);13*1H/t25-,26-;;;;;;;;;;;;;/m0............./s1/i;13*1+1D. The summed E-state index contributed by atoms with van der Waals surface area (Å²) in [5, 5.41) is 16.3. The molecule has 19 heteroatoms. The highest BCUT2D eigenvalue weighted by atomic mass is 16.5. The van der Waals surface area contributed by atoms with Crippen LogP contribution in [0.1, 0.15) is 110 Å². The van der Waals surface area contributed by atoms with Crippen molar-refractivity contribution in [3.05, 3.63) is 0 Å². The van der Waals surface area contributed by atoms with Crippen LogP contribution in [0.15, 0.2) is 0 Å². The second-order valence-corrected chi connectivity index (χ2v) is 11.5. The topological polar surface area (TPSA) is 290 Å². The average Bonchev–Trinajstić information content (AvgIpc) is 3.50. The van der Waals surface area contributed by atoms with Gasteiger partial charge in [0.15, 0.2) is 0 Å². The Hall–Kier alpha value is -3.46. The molecule has 0 heterocycles. The summed E-state index contributed by atoms with van der Waals surface area (Å²) in [6.07, 6.45) is 5.62. The molecule has 0 bridgehead atoms. The van der Waals surface area contributed by atoms with Crippen molar-refractivity contribution < 1.29 is 86.3 Å². The van der Waals surface area contributed by atoms with Crippen LogP contribution < -0.4 is 49.1 Å². The molecule has 6 amide bonds. The summed E-state index contributed by atoms with van der Waals surface area (Å²) in [4.78, 5) is 71.8. The lowest BCUT2D eigenvalue weighted by molar-refractivity contribution is -0.129. The predicted octanol–water partition coefficient (Wildman–Crippen LogP) is 0.397. The van der Waals surface area contributed by atoms with E-state index in [-0.39, 0.29) is 115 Å². The maximum atomic E-state index is 12.8. The summed E-state index contributed by atoms with van der Waals surface area (Å²) in [6.45, 7) is 4.49. The number of unbranched alkanes of at least 4 members (excludes halogenated alkanes) is 3. The predicted molar refractivity (Wildman–Crippen MR) is 216 cm³/mol. The van der Waals surface area contributed by atoms with Crippen LogP contribution in [0.3, 0.4) is 0 Å². The maximum absolute atomic E-state index is 12.8. The molecule has 0 fully saturated rings. The molecule has 0 aromatic heterocycles. The Morgan fingerprint density at radius 3 is 1.73 bits per heavy atom. The average molecular weight is 786 g/mol. The fraction of sp³-hybridized carbons (Fsp3) is 0.812. The van der Waals surface area contributed by atoms with Gasteiger partial charge in [-0.25, -0.2) is 0 Å². The highest BCUT2D eigenvalue weighted by molar-refractivity contribution is 5.87. The van der Waals surface area contributed by atoms with Gasteiger partial charge >= 0.3 is 0 Å². The first-order valence-electron chi connectivity index (χ1n) is 30.7. The Kier molecular flexibility index (Phi) is 19.2. The molecule has 0 aliphatic rings. The van der Waals surface area contributed by atoms with E-state index < -0.39 is 18.0 Å². The van der Waals surface area contributed by atoms with Gasteiger partial charge in [-0.2, -0.15) is 0 Å². The van der Waals surface area contributed by atoms with Gasteiger partial charge in [0.25, 0.3) is 0 Å². The van der Waals surface area contributed by atoms with E-state index in [1.165, 1.54) is 0 Å². The summed E-state index contributed by atoms with van der Waals surface area (Å²) in [7, 11) is 0. The summed E-state index contributed by atoms with van der Waals surface area (Å²) in [5.74, 6) is -1.85. The van der Waals surface area contributed by atoms with Crippen molar-refractivity contribution in [3.63, 3.8) is 0 Å². The number of hydrogen-bond acceptors (Lipinski definition) is 13. The Balaban J connectivity index is -0.000000110.